The van der Waals surface area contributed by atoms with Crippen molar-refractivity contribution < 1.29 is 49.2 Å². The topological polar surface area (TPSA) is 227 Å². The fraction of sp³-hybridized carbons (Fsp3) is 0.417. The summed E-state index contributed by atoms with van der Waals surface area (Å²) in [5.41, 5.74) is 1.83. The van der Waals surface area contributed by atoms with Crippen molar-refractivity contribution in [2.24, 2.45) is 0 Å². The number of rotatable bonds is 6. The maximum atomic E-state index is 10.8. The number of para-hydroxylation sites is 2. The largest absolute Gasteiger partial charge is 0.527 e. The summed E-state index contributed by atoms with van der Waals surface area (Å²) in [6.45, 7) is -0.960. The summed E-state index contributed by atoms with van der Waals surface area (Å²) in [6.07, 6.45) is -8.71. The monoisotopic (exact) mass is 395 g/mol. The van der Waals surface area contributed by atoms with Gasteiger partial charge in [0.15, 0.2) is 6.10 Å². The van der Waals surface area contributed by atoms with Crippen molar-refractivity contribution in [1.29, 1.82) is 0 Å². The number of phosphoric ester groups is 1. The molecule has 0 aliphatic heterocycles. The van der Waals surface area contributed by atoms with Crippen LogP contribution in [0.5, 0.6) is 0 Å². The molecule has 0 aliphatic rings. The Morgan fingerprint density at radius 3 is 2.00 bits per heavy atom. The van der Waals surface area contributed by atoms with E-state index in [-0.39, 0.29) is 0 Å². The van der Waals surface area contributed by atoms with Gasteiger partial charge >= 0.3 is 13.8 Å². The molecule has 0 bridgehead atoms. The first kappa shape index (κ1) is 22.1. The summed E-state index contributed by atoms with van der Waals surface area (Å²) in [7, 11) is -5.19. The molecule has 146 valence electrons. The number of nitrogens with one attached hydrogen (secondary N) is 1. The highest BCUT2D eigenvalue weighted by molar-refractivity contribution is 7.46. The molecule has 0 saturated carbocycles. The zero-order valence-corrected chi connectivity index (χ0v) is 13.9. The van der Waals surface area contributed by atoms with Crippen LogP contribution in [0.25, 0.3) is 11.0 Å². The molecule has 0 fully saturated rings. The quantitative estimate of drug-likeness (QED) is 0.229. The van der Waals surface area contributed by atoms with Gasteiger partial charge in [-0.15, -0.1) is 0 Å². The van der Waals surface area contributed by atoms with Gasteiger partial charge in [-0.25, -0.2) is 9.36 Å². The molecule has 14 heteroatoms. The highest BCUT2D eigenvalue weighted by Gasteiger charge is 2.37. The molecule has 1 aromatic heterocycles. The second kappa shape index (κ2) is 9.66. The van der Waals surface area contributed by atoms with E-state index >= 15 is 0 Å². The highest BCUT2D eigenvalue weighted by Crippen LogP contribution is 2.36. The fourth-order valence-corrected chi connectivity index (χ4v) is 1.96. The molecule has 0 saturated heterocycles. The predicted molar refractivity (Wildman–Crippen MR) is 83.1 cm³/mol. The standard InChI is InChI=1S/C6H5N3.C6H13O10P/c1-2-4-6-5(3-1)7-9-8-6;7-1-2(8)3(9)4(10)5(11)6(12)16-17(13,14)15/h1-4H,(H,7,8,9);2-5,7-11H,1H2,(H2,13,14,15)/t;2-,3-,4+,5-/m.1/s1. The molecule has 0 spiro atoms. The van der Waals surface area contributed by atoms with Crippen LogP contribution in [0.1, 0.15) is 0 Å². The Morgan fingerprint density at radius 1 is 1.08 bits per heavy atom. The summed E-state index contributed by atoms with van der Waals surface area (Å²) in [4.78, 5) is 27.3. The van der Waals surface area contributed by atoms with Crippen molar-refractivity contribution in [1.82, 2.24) is 15.4 Å². The van der Waals surface area contributed by atoms with Crippen LogP contribution in [-0.2, 0) is 13.9 Å². The maximum absolute atomic E-state index is 10.8. The minimum atomic E-state index is -5.19. The van der Waals surface area contributed by atoms with Crippen molar-refractivity contribution in [2.75, 3.05) is 6.61 Å². The number of carbonyl (C=O) groups excluding carboxylic acids is 1. The molecule has 2 aromatic rings. The van der Waals surface area contributed by atoms with Gasteiger partial charge < -0.3 is 30.1 Å². The number of hydrogen-bond donors (Lipinski definition) is 8. The average Bonchev–Trinajstić information content (AvgIpc) is 3.06. The van der Waals surface area contributed by atoms with E-state index in [1.807, 2.05) is 24.3 Å². The third-order valence-electron chi connectivity index (χ3n) is 2.93. The first-order valence-corrected chi connectivity index (χ1v) is 8.47. The molecule has 0 amide bonds. The SMILES string of the molecule is O=C(OP(=O)(O)O)[C@H](O)[C@@H](O)[C@H](O)[C@H](O)CO.c1ccc2n[nH]nc2c1. The highest BCUT2D eigenvalue weighted by atomic mass is 31.2. The maximum Gasteiger partial charge on any atom is 0.527 e. The van der Waals surface area contributed by atoms with Crippen molar-refractivity contribution in [2.45, 2.75) is 24.4 Å². The van der Waals surface area contributed by atoms with Crippen LogP contribution in [-0.4, -0.2) is 87.7 Å². The lowest BCUT2D eigenvalue weighted by atomic mass is 10.0. The number of H-pyrrole nitrogens is 1. The average molecular weight is 395 g/mol. The number of nitrogens with zero attached hydrogens (tertiary/aromatic N) is 2. The van der Waals surface area contributed by atoms with E-state index in [1.54, 1.807) is 0 Å². The summed E-state index contributed by atoms with van der Waals surface area (Å²) < 4.78 is 13.7. The number of phosphoric acid groups is 1. The molecular weight excluding hydrogens is 377 g/mol. The zero-order valence-electron chi connectivity index (χ0n) is 13.0. The van der Waals surface area contributed by atoms with Gasteiger partial charge in [0.2, 0.25) is 0 Å². The van der Waals surface area contributed by atoms with Gasteiger partial charge in [0, 0.05) is 0 Å². The minimum Gasteiger partial charge on any atom is -0.394 e. The van der Waals surface area contributed by atoms with Crippen molar-refractivity contribution in [3.63, 3.8) is 0 Å². The molecule has 1 heterocycles. The molecule has 4 atom stereocenters. The molecule has 26 heavy (non-hydrogen) atoms. The van der Waals surface area contributed by atoms with Gasteiger partial charge in [0.1, 0.15) is 29.3 Å². The van der Waals surface area contributed by atoms with Gasteiger partial charge in [0.25, 0.3) is 0 Å². The fourth-order valence-electron chi connectivity index (χ4n) is 1.62. The Labute approximate surface area is 145 Å². The van der Waals surface area contributed by atoms with Gasteiger partial charge in [0.05, 0.1) is 6.61 Å². The van der Waals surface area contributed by atoms with Crippen LogP contribution >= 0.6 is 7.82 Å². The number of aliphatic hydroxyl groups is 5. The van der Waals surface area contributed by atoms with E-state index in [2.05, 4.69) is 19.9 Å². The lowest BCUT2D eigenvalue weighted by Gasteiger charge is -2.24. The van der Waals surface area contributed by atoms with E-state index in [9.17, 15) is 9.36 Å². The van der Waals surface area contributed by atoms with Crippen LogP contribution < -0.4 is 0 Å². The van der Waals surface area contributed by atoms with Crippen molar-refractivity contribution >= 4 is 24.8 Å². The van der Waals surface area contributed by atoms with Crippen LogP contribution in [0.3, 0.4) is 0 Å². The van der Waals surface area contributed by atoms with Crippen LogP contribution in [0, 0.1) is 0 Å². The van der Waals surface area contributed by atoms with Gasteiger partial charge in [-0.2, -0.15) is 15.4 Å². The molecule has 13 nitrogen and oxygen atoms in total. The number of aromatic amines is 1. The number of benzene rings is 1. The van der Waals surface area contributed by atoms with E-state index in [0.717, 1.165) is 11.0 Å². The first-order valence-electron chi connectivity index (χ1n) is 6.94. The van der Waals surface area contributed by atoms with Crippen LogP contribution in [0.4, 0.5) is 0 Å². The van der Waals surface area contributed by atoms with Crippen LogP contribution in [0.15, 0.2) is 24.3 Å². The van der Waals surface area contributed by atoms with Crippen molar-refractivity contribution in [3.8, 4) is 0 Å². The number of aromatic nitrogens is 3. The van der Waals surface area contributed by atoms with E-state index in [0.29, 0.717) is 0 Å². The Balaban J connectivity index is 0.000000308. The normalized spacial score (nSPS) is 16.1. The molecule has 0 radical (unpaired) electrons. The first-order chi connectivity index (χ1) is 12.1. The third-order valence-corrected chi connectivity index (χ3v) is 3.35. The summed E-state index contributed by atoms with van der Waals surface area (Å²) in [6, 6.07) is 7.70. The van der Waals surface area contributed by atoms with E-state index in [4.69, 9.17) is 35.3 Å². The third kappa shape index (κ3) is 6.74. The molecule has 8 N–H and O–H groups in total. The number of hydrogen-bond acceptors (Lipinski definition) is 10. The Kier molecular flexibility index (Phi) is 8.20. The number of carbonyl (C=O) groups is 1. The zero-order chi connectivity index (χ0) is 19.9. The molecule has 0 aliphatic carbocycles. The Hall–Kier alpha value is -1.96. The van der Waals surface area contributed by atoms with Gasteiger partial charge in [-0.1, -0.05) is 12.1 Å². The smallest absolute Gasteiger partial charge is 0.394 e. The molecular formula is C12H18N3O10P. The second-order valence-corrected chi connectivity index (χ2v) is 6.05. The van der Waals surface area contributed by atoms with Gasteiger partial charge in [-0.3, -0.25) is 9.79 Å². The lowest BCUT2D eigenvalue weighted by Crippen LogP contribution is -2.48. The van der Waals surface area contributed by atoms with E-state index < -0.39 is 44.8 Å². The number of fused-ring (bicyclic) bond motifs is 1. The minimum absolute atomic E-state index is 0.914. The predicted octanol–water partition coefficient (Wildman–Crippen LogP) is -2.98. The van der Waals surface area contributed by atoms with Crippen molar-refractivity contribution in [3.05, 3.63) is 24.3 Å². The summed E-state index contributed by atoms with van der Waals surface area (Å²) in [5, 5.41) is 54.9. The Morgan fingerprint density at radius 2 is 1.58 bits per heavy atom. The molecule has 0 unspecified atom stereocenters. The second-order valence-electron chi connectivity index (χ2n) is 4.89. The Bertz CT molecular complexity index is 719. The van der Waals surface area contributed by atoms with Gasteiger partial charge in [-0.05, 0) is 12.1 Å². The van der Waals surface area contributed by atoms with E-state index in [1.165, 1.54) is 0 Å². The molecule has 2 rings (SSSR count). The number of aliphatic hydroxyl groups excluding tert-OH is 5. The van der Waals surface area contributed by atoms with Crippen LogP contribution in [0.2, 0.25) is 0 Å². The summed E-state index contributed by atoms with van der Waals surface area (Å²) >= 11 is 0. The summed E-state index contributed by atoms with van der Waals surface area (Å²) in [5.74, 6) is -1.88. The lowest BCUT2D eigenvalue weighted by molar-refractivity contribution is -0.162. The molecule has 1 aromatic carbocycles.